The van der Waals surface area contributed by atoms with Crippen LogP contribution >= 0.6 is 35.0 Å². The van der Waals surface area contributed by atoms with E-state index in [9.17, 15) is 4.79 Å². The highest BCUT2D eigenvalue weighted by Crippen LogP contribution is 2.28. The van der Waals surface area contributed by atoms with E-state index in [0.717, 1.165) is 16.9 Å². The number of benzene rings is 2. The first-order chi connectivity index (χ1) is 13.9. The van der Waals surface area contributed by atoms with E-state index in [-0.39, 0.29) is 17.2 Å². The summed E-state index contributed by atoms with van der Waals surface area (Å²) < 4.78 is 5.16. The Bertz CT molecular complexity index is 994. The van der Waals surface area contributed by atoms with Gasteiger partial charge in [-0.25, -0.2) is 4.98 Å². The van der Waals surface area contributed by atoms with Crippen molar-refractivity contribution in [2.75, 3.05) is 7.11 Å². The van der Waals surface area contributed by atoms with Gasteiger partial charge in [0.25, 0.3) is 0 Å². The number of amides is 1. The van der Waals surface area contributed by atoms with Gasteiger partial charge >= 0.3 is 0 Å². The summed E-state index contributed by atoms with van der Waals surface area (Å²) >= 11 is 13.4. The van der Waals surface area contributed by atoms with Crippen molar-refractivity contribution in [1.29, 1.82) is 0 Å². The highest BCUT2D eigenvalue weighted by atomic mass is 35.5. The number of H-pyrrole nitrogens is 1. The van der Waals surface area contributed by atoms with Crippen molar-refractivity contribution in [1.82, 2.24) is 20.5 Å². The van der Waals surface area contributed by atoms with Gasteiger partial charge < -0.3 is 10.1 Å². The summed E-state index contributed by atoms with van der Waals surface area (Å²) in [7, 11) is 1.62. The minimum atomic E-state index is -0.386. The predicted octanol–water partition coefficient (Wildman–Crippen LogP) is 5.15. The number of methoxy groups -OCH3 is 1. The van der Waals surface area contributed by atoms with E-state index in [1.165, 1.54) is 11.8 Å². The number of aromatic nitrogens is 3. The third kappa shape index (κ3) is 5.44. The Morgan fingerprint density at radius 1 is 1.17 bits per heavy atom. The molecule has 0 saturated carbocycles. The lowest BCUT2D eigenvalue weighted by Gasteiger charge is -2.18. The van der Waals surface area contributed by atoms with Gasteiger partial charge in [-0.15, -0.1) is 5.10 Å². The fourth-order valence-electron chi connectivity index (χ4n) is 2.65. The summed E-state index contributed by atoms with van der Waals surface area (Å²) in [6.07, 6.45) is 0. The Balaban J connectivity index is 1.61. The normalized spacial score (nSPS) is 13.0. The number of rotatable bonds is 7. The first kappa shape index (κ1) is 21.5. The topological polar surface area (TPSA) is 79.9 Å². The molecule has 0 aliphatic rings. The molecule has 2 N–H and O–H groups in total. The summed E-state index contributed by atoms with van der Waals surface area (Å²) in [5.41, 5.74) is 1.69. The van der Waals surface area contributed by atoms with Crippen molar-refractivity contribution in [3.63, 3.8) is 0 Å². The fraction of sp³-hybridized carbons (Fsp3) is 0.250. The first-order valence-corrected chi connectivity index (χ1v) is 10.5. The van der Waals surface area contributed by atoms with Crippen LogP contribution in [-0.4, -0.2) is 33.4 Å². The van der Waals surface area contributed by atoms with Gasteiger partial charge in [-0.05, 0) is 55.8 Å². The predicted molar refractivity (Wildman–Crippen MR) is 117 cm³/mol. The first-order valence-electron chi connectivity index (χ1n) is 8.86. The Morgan fingerprint density at radius 3 is 2.55 bits per heavy atom. The van der Waals surface area contributed by atoms with E-state index in [2.05, 4.69) is 20.5 Å². The van der Waals surface area contributed by atoms with Gasteiger partial charge in [0.05, 0.1) is 18.4 Å². The summed E-state index contributed by atoms with van der Waals surface area (Å²) in [5.74, 6) is 1.26. The maximum atomic E-state index is 12.6. The molecule has 1 aromatic heterocycles. The van der Waals surface area contributed by atoms with Gasteiger partial charge in [0, 0.05) is 15.6 Å². The number of nitrogens with zero attached hydrogens (tertiary/aromatic N) is 2. The van der Waals surface area contributed by atoms with Crippen molar-refractivity contribution in [2.45, 2.75) is 30.3 Å². The largest absolute Gasteiger partial charge is 0.497 e. The minimum absolute atomic E-state index is 0.135. The molecule has 152 valence electrons. The van der Waals surface area contributed by atoms with Gasteiger partial charge in [-0.2, -0.15) is 0 Å². The van der Waals surface area contributed by atoms with Gasteiger partial charge in [0.15, 0.2) is 5.82 Å². The van der Waals surface area contributed by atoms with E-state index in [1.807, 2.05) is 37.3 Å². The number of aromatic amines is 1. The maximum Gasteiger partial charge on any atom is 0.233 e. The van der Waals surface area contributed by atoms with E-state index in [0.29, 0.717) is 21.0 Å². The number of halogens is 2. The Labute approximate surface area is 183 Å². The lowest BCUT2D eigenvalue weighted by Crippen LogP contribution is -2.33. The van der Waals surface area contributed by atoms with E-state index in [1.54, 1.807) is 26.2 Å². The van der Waals surface area contributed by atoms with E-state index >= 15 is 0 Å². The average molecular weight is 451 g/mol. The number of nitrogens with one attached hydrogen (secondary N) is 2. The summed E-state index contributed by atoms with van der Waals surface area (Å²) in [5, 5.41) is 11.2. The molecule has 0 saturated heterocycles. The standard InChI is InChI=1S/C20H20Cl2N4O2S/c1-11(16-9-6-14(21)10-17(16)22)23-19(27)12(2)29-20-24-18(25-26-20)13-4-7-15(28-3)8-5-13/h4-12H,1-3H3,(H,23,27)(H,24,25,26)/t11-,12-/m1/s1. The van der Waals surface area contributed by atoms with E-state index < -0.39 is 0 Å². The molecule has 0 spiro atoms. The second kappa shape index (κ2) is 9.52. The zero-order chi connectivity index (χ0) is 21.0. The van der Waals surface area contributed by atoms with Crippen LogP contribution in [0.5, 0.6) is 5.75 Å². The lowest BCUT2D eigenvalue weighted by atomic mass is 10.1. The average Bonchev–Trinajstić information content (AvgIpc) is 3.16. The van der Waals surface area contributed by atoms with Gasteiger partial charge in [-0.3, -0.25) is 9.89 Å². The quantitative estimate of drug-likeness (QED) is 0.486. The number of hydrogen-bond acceptors (Lipinski definition) is 5. The van der Waals surface area contributed by atoms with Crippen LogP contribution in [0.3, 0.4) is 0 Å². The van der Waals surface area contributed by atoms with Crippen molar-refractivity contribution >= 4 is 40.9 Å². The number of ether oxygens (including phenoxy) is 1. The second-order valence-electron chi connectivity index (χ2n) is 6.35. The van der Waals surface area contributed by atoms with E-state index in [4.69, 9.17) is 27.9 Å². The molecule has 0 unspecified atom stereocenters. The molecule has 9 heteroatoms. The molecule has 29 heavy (non-hydrogen) atoms. The molecule has 0 fully saturated rings. The molecule has 0 bridgehead atoms. The van der Waals surface area contributed by atoms with Crippen molar-refractivity contribution in [3.05, 3.63) is 58.1 Å². The third-order valence-electron chi connectivity index (χ3n) is 4.27. The Kier molecular flexibility index (Phi) is 7.05. The molecular weight excluding hydrogens is 431 g/mol. The maximum absolute atomic E-state index is 12.6. The highest BCUT2D eigenvalue weighted by Gasteiger charge is 2.20. The van der Waals surface area contributed by atoms with Crippen LogP contribution in [0.4, 0.5) is 0 Å². The van der Waals surface area contributed by atoms with Crippen molar-refractivity contribution in [3.8, 4) is 17.1 Å². The van der Waals surface area contributed by atoms with Gasteiger partial charge in [0.2, 0.25) is 11.1 Å². The molecular formula is C20H20Cl2N4O2S. The molecule has 1 heterocycles. The summed E-state index contributed by atoms with van der Waals surface area (Å²) in [6, 6.07) is 12.4. The van der Waals surface area contributed by atoms with Gasteiger partial charge in [-0.1, -0.05) is 41.0 Å². The molecule has 0 aliphatic carbocycles. The molecule has 6 nitrogen and oxygen atoms in total. The number of carbonyl (C=O) groups excluding carboxylic acids is 1. The molecule has 0 aliphatic heterocycles. The minimum Gasteiger partial charge on any atom is -0.497 e. The second-order valence-corrected chi connectivity index (χ2v) is 8.50. The summed E-state index contributed by atoms with van der Waals surface area (Å²) in [4.78, 5) is 17.0. The van der Waals surface area contributed by atoms with Crippen molar-refractivity contribution in [2.24, 2.45) is 0 Å². The van der Waals surface area contributed by atoms with Crippen LogP contribution < -0.4 is 10.1 Å². The monoisotopic (exact) mass is 450 g/mol. The van der Waals surface area contributed by atoms with Crippen LogP contribution in [0, 0.1) is 0 Å². The number of hydrogen-bond donors (Lipinski definition) is 2. The molecule has 1 amide bonds. The summed E-state index contributed by atoms with van der Waals surface area (Å²) in [6.45, 7) is 3.68. The molecule has 0 radical (unpaired) electrons. The number of thioether (sulfide) groups is 1. The lowest BCUT2D eigenvalue weighted by molar-refractivity contribution is -0.120. The molecule has 2 aromatic carbocycles. The third-order valence-corrected chi connectivity index (χ3v) is 5.79. The smallest absolute Gasteiger partial charge is 0.233 e. The highest BCUT2D eigenvalue weighted by molar-refractivity contribution is 8.00. The SMILES string of the molecule is COc1ccc(-c2nc(S[C@H](C)C(=O)N[C@H](C)c3ccc(Cl)cc3Cl)n[nH]2)cc1. The zero-order valence-electron chi connectivity index (χ0n) is 16.1. The number of carbonyl (C=O) groups is 1. The van der Waals surface area contributed by atoms with Crippen LogP contribution in [0.2, 0.25) is 10.0 Å². The van der Waals surface area contributed by atoms with Crippen LogP contribution in [0.25, 0.3) is 11.4 Å². The Morgan fingerprint density at radius 2 is 1.90 bits per heavy atom. The molecule has 3 rings (SSSR count). The van der Waals surface area contributed by atoms with Crippen LogP contribution in [0.1, 0.15) is 25.5 Å². The molecule has 3 aromatic rings. The molecule has 2 atom stereocenters. The van der Waals surface area contributed by atoms with Gasteiger partial charge in [0.1, 0.15) is 5.75 Å². The van der Waals surface area contributed by atoms with Crippen LogP contribution in [-0.2, 0) is 4.79 Å². The van der Waals surface area contributed by atoms with Crippen LogP contribution in [0.15, 0.2) is 47.6 Å². The Hall–Kier alpha value is -2.22. The van der Waals surface area contributed by atoms with Crippen molar-refractivity contribution < 1.29 is 9.53 Å². The fourth-order valence-corrected chi connectivity index (χ4v) is 3.96. The zero-order valence-corrected chi connectivity index (χ0v) is 18.4.